The fraction of sp³-hybridized carbons (Fsp3) is 0.364. The predicted molar refractivity (Wildman–Crippen MR) is 57.4 cm³/mol. The van der Waals surface area contributed by atoms with Crippen molar-refractivity contribution in [1.29, 1.82) is 0 Å². The van der Waals surface area contributed by atoms with Crippen LogP contribution in [0.1, 0.15) is 12.6 Å². The second kappa shape index (κ2) is 3.92. The highest BCUT2D eigenvalue weighted by Gasteiger charge is 2.27. The van der Waals surface area contributed by atoms with Crippen molar-refractivity contribution in [1.82, 2.24) is 14.7 Å². The molecule has 0 aromatic carbocycles. The minimum absolute atomic E-state index is 0.188. The lowest BCUT2D eigenvalue weighted by Gasteiger charge is -2.13. The maximum Gasteiger partial charge on any atom is 0.256 e. The number of imide groups is 1. The Kier molecular flexibility index (Phi) is 2.60. The van der Waals surface area contributed by atoms with Crippen LogP contribution in [0.15, 0.2) is 23.9 Å². The number of carbonyl (C=O) groups excluding carboxylic acids is 2. The Morgan fingerprint density at radius 1 is 1.38 bits per heavy atom. The molecule has 2 heterocycles. The van der Waals surface area contributed by atoms with E-state index in [1.54, 1.807) is 17.8 Å². The molecule has 2 rings (SSSR count). The Morgan fingerprint density at radius 3 is 2.62 bits per heavy atom. The first-order chi connectivity index (χ1) is 7.59. The number of nitrogens with zero attached hydrogens (tertiary/aromatic N) is 3. The van der Waals surface area contributed by atoms with Crippen LogP contribution in [-0.4, -0.2) is 33.0 Å². The molecule has 0 fully saturated rings. The van der Waals surface area contributed by atoms with Gasteiger partial charge in [-0.3, -0.25) is 19.2 Å². The zero-order valence-electron chi connectivity index (χ0n) is 9.30. The van der Waals surface area contributed by atoms with Crippen molar-refractivity contribution in [2.75, 3.05) is 6.54 Å². The molecule has 0 saturated heterocycles. The lowest BCUT2D eigenvalue weighted by Crippen LogP contribution is -2.33. The van der Waals surface area contributed by atoms with Gasteiger partial charge in [-0.15, -0.1) is 0 Å². The van der Waals surface area contributed by atoms with Crippen LogP contribution in [0.25, 0.3) is 0 Å². The lowest BCUT2D eigenvalue weighted by atomic mass is 10.3. The van der Waals surface area contributed by atoms with Gasteiger partial charge in [-0.25, -0.2) is 0 Å². The van der Waals surface area contributed by atoms with Gasteiger partial charge in [0.2, 0.25) is 0 Å². The second-order valence-corrected chi connectivity index (χ2v) is 3.82. The molecule has 0 aliphatic carbocycles. The second-order valence-electron chi connectivity index (χ2n) is 3.82. The van der Waals surface area contributed by atoms with Gasteiger partial charge in [-0.05, 0) is 13.0 Å². The summed E-state index contributed by atoms with van der Waals surface area (Å²) in [4.78, 5) is 24.3. The summed E-state index contributed by atoms with van der Waals surface area (Å²) in [5, 5.41) is 4.03. The summed E-state index contributed by atoms with van der Waals surface area (Å²) in [5.74, 6) is -0.406. The largest absolute Gasteiger partial charge is 0.275 e. The van der Waals surface area contributed by atoms with Crippen molar-refractivity contribution in [2.45, 2.75) is 13.3 Å². The van der Waals surface area contributed by atoms with Crippen LogP contribution in [0, 0.1) is 0 Å². The van der Waals surface area contributed by atoms with Gasteiger partial charge < -0.3 is 0 Å². The van der Waals surface area contributed by atoms with Gasteiger partial charge in [0.1, 0.15) is 0 Å². The third-order valence-electron chi connectivity index (χ3n) is 2.70. The Labute approximate surface area is 93.3 Å². The van der Waals surface area contributed by atoms with E-state index in [4.69, 9.17) is 0 Å². The zero-order chi connectivity index (χ0) is 11.7. The van der Waals surface area contributed by atoms with Crippen molar-refractivity contribution < 1.29 is 9.59 Å². The molecule has 2 amide bonds. The van der Waals surface area contributed by atoms with E-state index in [0.29, 0.717) is 18.5 Å². The van der Waals surface area contributed by atoms with Crippen LogP contribution < -0.4 is 0 Å². The highest BCUT2D eigenvalue weighted by Crippen LogP contribution is 2.12. The van der Waals surface area contributed by atoms with E-state index < -0.39 is 0 Å². The summed E-state index contributed by atoms with van der Waals surface area (Å²) in [5.41, 5.74) is 1.51. The molecule has 5 nitrogen and oxygen atoms in total. The van der Waals surface area contributed by atoms with E-state index in [1.165, 1.54) is 11.0 Å². The van der Waals surface area contributed by atoms with Crippen LogP contribution in [0.5, 0.6) is 0 Å². The van der Waals surface area contributed by atoms with Gasteiger partial charge in [0, 0.05) is 43.6 Å². The molecular formula is C11H13N3O2. The van der Waals surface area contributed by atoms with E-state index >= 15 is 0 Å². The van der Waals surface area contributed by atoms with Crippen LogP contribution in [0.4, 0.5) is 0 Å². The molecule has 1 aliphatic heterocycles. The van der Waals surface area contributed by atoms with E-state index in [2.05, 4.69) is 5.10 Å². The van der Waals surface area contributed by atoms with Crippen molar-refractivity contribution in [2.24, 2.45) is 7.05 Å². The van der Waals surface area contributed by atoms with Crippen LogP contribution in [-0.2, 0) is 23.1 Å². The van der Waals surface area contributed by atoms with E-state index in [9.17, 15) is 9.59 Å². The fourth-order valence-electron chi connectivity index (χ4n) is 1.72. The highest BCUT2D eigenvalue weighted by molar-refractivity contribution is 6.15. The van der Waals surface area contributed by atoms with E-state index in [0.717, 1.165) is 5.69 Å². The van der Waals surface area contributed by atoms with Gasteiger partial charge in [-0.2, -0.15) is 5.10 Å². The first-order valence-corrected chi connectivity index (χ1v) is 5.10. The monoisotopic (exact) mass is 219 g/mol. The van der Waals surface area contributed by atoms with Gasteiger partial charge in [-0.1, -0.05) is 0 Å². The molecule has 1 aliphatic rings. The fourth-order valence-corrected chi connectivity index (χ4v) is 1.72. The van der Waals surface area contributed by atoms with Crippen molar-refractivity contribution in [3.63, 3.8) is 0 Å². The standard InChI is InChI=1S/C11H13N3O2/c1-8-7-10(15)14(11(8)16)6-4-9-3-5-12-13(9)2/h3,5,7H,4,6H2,1-2H3. The third kappa shape index (κ3) is 1.76. The summed E-state index contributed by atoms with van der Waals surface area (Å²) in [6.45, 7) is 2.06. The van der Waals surface area contributed by atoms with Crippen molar-refractivity contribution >= 4 is 11.8 Å². The lowest BCUT2D eigenvalue weighted by molar-refractivity contribution is -0.137. The smallest absolute Gasteiger partial charge is 0.256 e. The maximum atomic E-state index is 11.6. The number of amides is 2. The minimum atomic E-state index is -0.218. The summed E-state index contributed by atoms with van der Waals surface area (Å²) in [6.07, 6.45) is 3.72. The zero-order valence-corrected chi connectivity index (χ0v) is 9.30. The number of carbonyl (C=O) groups is 2. The number of hydrogen-bond acceptors (Lipinski definition) is 3. The minimum Gasteiger partial charge on any atom is -0.275 e. The van der Waals surface area contributed by atoms with Crippen molar-refractivity contribution in [3.8, 4) is 0 Å². The van der Waals surface area contributed by atoms with Gasteiger partial charge >= 0.3 is 0 Å². The Bertz CT molecular complexity index is 473. The molecule has 0 radical (unpaired) electrons. The predicted octanol–water partition coefficient (Wildman–Crippen LogP) is 0.278. The SMILES string of the molecule is CC1=CC(=O)N(CCc2ccnn2C)C1=O. The first-order valence-electron chi connectivity index (χ1n) is 5.10. The normalized spacial score (nSPS) is 15.9. The first kappa shape index (κ1) is 10.6. The molecule has 1 aromatic heterocycles. The van der Waals surface area contributed by atoms with E-state index in [1.807, 2.05) is 13.1 Å². The molecule has 5 heteroatoms. The molecular weight excluding hydrogens is 206 g/mol. The van der Waals surface area contributed by atoms with Crippen LogP contribution in [0.3, 0.4) is 0 Å². The average Bonchev–Trinajstić information content (AvgIpc) is 2.72. The molecule has 0 atom stereocenters. The summed E-state index contributed by atoms with van der Waals surface area (Å²) >= 11 is 0. The molecule has 0 bridgehead atoms. The number of aromatic nitrogens is 2. The Morgan fingerprint density at radius 2 is 2.12 bits per heavy atom. The highest BCUT2D eigenvalue weighted by atomic mass is 16.2. The van der Waals surface area contributed by atoms with Crippen molar-refractivity contribution in [3.05, 3.63) is 29.6 Å². The number of aryl methyl sites for hydroxylation is 1. The van der Waals surface area contributed by atoms with Gasteiger partial charge in [0.25, 0.3) is 11.8 Å². The molecule has 1 aromatic rings. The maximum absolute atomic E-state index is 11.6. The molecule has 0 spiro atoms. The van der Waals surface area contributed by atoms with Gasteiger partial charge in [0.15, 0.2) is 0 Å². The molecule has 0 N–H and O–H groups in total. The Balaban J connectivity index is 2.00. The van der Waals surface area contributed by atoms with Gasteiger partial charge in [0.05, 0.1) is 0 Å². The molecule has 84 valence electrons. The van der Waals surface area contributed by atoms with Crippen LogP contribution >= 0.6 is 0 Å². The number of hydrogen-bond donors (Lipinski definition) is 0. The summed E-state index contributed by atoms with van der Waals surface area (Å²) in [7, 11) is 1.84. The molecule has 0 unspecified atom stereocenters. The summed E-state index contributed by atoms with van der Waals surface area (Å²) < 4.78 is 1.74. The third-order valence-corrected chi connectivity index (χ3v) is 2.70. The summed E-state index contributed by atoms with van der Waals surface area (Å²) in [6, 6.07) is 1.88. The van der Waals surface area contributed by atoms with E-state index in [-0.39, 0.29) is 11.8 Å². The topological polar surface area (TPSA) is 55.2 Å². The average molecular weight is 219 g/mol. The number of rotatable bonds is 3. The quantitative estimate of drug-likeness (QED) is 0.686. The molecule has 16 heavy (non-hydrogen) atoms. The van der Waals surface area contributed by atoms with Crippen LogP contribution in [0.2, 0.25) is 0 Å². The molecule has 0 saturated carbocycles. The Hall–Kier alpha value is -1.91.